The monoisotopic (exact) mass is 623 g/mol. The third-order valence-electron chi connectivity index (χ3n) is 5.87. The number of thioether (sulfide) groups is 1. The van der Waals surface area contributed by atoms with Gasteiger partial charge in [-0.1, -0.05) is 36.4 Å². The Bertz CT molecular complexity index is 1670. The second-order valence-corrected chi connectivity index (χ2v) is 10.1. The van der Waals surface area contributed by atoms with E-state index in [1.54, 1.807) is 72.8 Å². The van der Waals surface area contributed by atoms with Crippen LogP contribution in [0.5, 0.6) is 5.75 Å². The molecule has 4 aromatic carbocycles. The molecule has 0 fully saturated rings. The smallest absolute Gasteiger partial charge is 0.272 e. The first-order chi connectivity index (χ1) is 21.1. The molecule has 12 heteroatoms. The van der Waals surface area contributed by atoms with Crippen molar-refractivity contribution in [2.24, 2.45) is 0 Å². The number of hydrogen-bond acceptors (Lipinski definition) is 5. The van der Waals surface area contributed by atoms with Crippen LogP contribution in [0.15, 0.2) is 95.5 Å². The molecular weight excluding hydrogens is 598 g/mol. The summed E-state index contributed by atoms with van der Waals surface area (Å²) in [6, 6.07) is 21.6. The van der Waals surface area contributed by atoms with Crippen molar-refractivity contribution in [1.82, 2.24) is 5.32 Å². The molecule has 0 aromatic heterocycles. The number of rotatable bonds is 11. The van der Waals surface area contributed by atoms with Gasteiger partial charge in [0.15, 0.2) is 23.3 Å². The topological polar surface area (TPSA) is 96.5 Å². The van der Waals surface area contributed by atoms with Crippen molar-refractivity contribution in [2.75, 3.05) is 23.0 Å². The minimum atomic E-state index is -1.72. The van der Waals surface area contributed by atoms with Crippen LogP contribution >= 0.6 is 11.8 Å². The standard InChI is InChI=1S/C32H25F4N3O4S/c1-2-43-22-13-11-19(12-14-22)15-26(38-31(41)20-7-4-3-5-8-20)32(42)37-21-9-6-10-23(16-21)44-18-27(40)39-30-28(35)24(33)17-25(34)29(30)36/h3-17H,2,18H2,1H3,(H,37,42)(H,38,41)(H,39,40)/b26-15+. The summed E-state index contributed by atoms with van der Waals surface area (Å²) >= 11 is 0.941. The van der Waals surface area contributed by atoms with Gasteiger partial charge in [-0.2, -0.15) is 0 Å². The van der Waals surface area contributed by atoms with Gasteiger partial charge < -0.3 is 20.7 Å². The molecule has 0 aliphatic rings. The Morgan fingerprint density at radius 2 is 1.50 bits per heavy atom. The molecule has 0 aliphatic carbocycles. The lowest BCUT2D eigenvalue weighted by atomic mass is 10.1. The average molecular weight is 624 g/mol. The Labute approximate surface area is 254 Å². The summed E-state index contributed by atoms with van der Waals surface area (Å²) in [6.45, 7) is 2.34. The lowest BCUT2D eigenvalue weighted by Gasteiger charge is -2.12. The molecule has 0 bridgehead atoms. The van der Waals surface area contributed by atoms with E-state index in [4.69, 9.17) is 4.74 Å². The van der Waals surface area contributed by atoms with Crippen LogP contribution in [0.3, 0.4) is 0 Å². The lowest BCUT2D eigenvalue weighted by molar-refractivity contribution is -0.114. The molecule has 226 valence electrons. The van der Waals surface area contributed by atoms with Crippen molar-refractivity contribution in [3.8, 4) is 5.75 Å². The fourth-order valence-corrected chi connectivity index (χ4v) is 4.56. The van der Waals surface area contributed by atoms with Crippen LogP contribution in [0, 0.1) is 23.3 Å². The van der Waals surface area contributed by atoms with Gasteiger partial charge in [0.1, 0.15) is 17.1 Å². The summed E-state index contributed by atoms with van der Waals surface area (Å²) < 4.78 is 60.1. The van der Waals surface area contributed by atoms with Gasteiger partial charge in [0.05, 0.1) is 12.4 Å². The fourth-order valence-electron chi connectivity index (χ4n) is 3.81. The lowest BCUT2D eigenvalue weighted by Crippen LogP contribution is -2.30. The molecule has 4 aromatic rings. The van der Waals surface area contributed by atoms with Crippen LogP contribution in [-0.4, -0.2) is 30.1 Å². The number of hydrogen-bond donors (Lipinski definition) is 3. The van der Waals surface area contributed by atoms with Crippen LogP contribution in [0.2, 0.25) is 0 Å². The molecule has 3 N–H and O–H groups in total. The van der Waals surface area contributed by atoms with E-state index in [0.717, 1.165) is 11.8 Å². The first-order valence-corrected chi connectivity index (χ1v) is 14.1. The second-order valence-electron chi connectivity index (χ2n) is 9.04. The van der Waals surface area contributed by atoms with Crippen molar-refractivity contribution >= 4 is 46.9 Å². The minimum absolute atomic E-state index is 0.0424. The highest BCUT2D eigenvalue weighted by Gasteiger charge is 2.21. The van der Waals surface area contributed by atoms with Crippen LogP contribution in [0.4, 0.5) is 28.9 Å². The van der Waals surface area contributed by atoms with Gasteiger partial charge in [0, 0.05) is 22.2 Å². The Morgan fingerprint density at radius 3 is 2.16 bits per heavy atom. The first-order valence-electron chi connectivity index (χ1n) is 13.1. The van der Waals surface area contributed by atoms with Gasteiger partial charge in [0.25, 0.3) is 11.8 Å². The molecule has 4 rings (SSSR count). The van der Waals surface area contributed by atoms with E-state index < -0.39 is 46.7 Å². The maximum absolute atomic E-state index is 13.9. The molecule has 0 aliphatic heterocycles. The number of halogens is 4. The quantitative estimate of drug-likeness (QED) is 0.0741. The van der Waals surface area contributed by atoms with Gasteiger partial charge in [-0.05, 0) is 61.0 Å². The number of carbonyl (C=O) groups excluding carboxylic acids is 3. The van der Waals surface area contributed by atoms with Gasteiger partial charge in [-0.3, -0.25) is 14.4 Å². The van der Waals surface area contributed by atoms with E-state index in [1.807, 2.05) is 12.2 Å². The van der Waals surface area contributed by atoms with Gasteiger partial charge in [-0.25, -0.2) is 17.6 Å². The maximum Gasteiger partial charge on any atom is 0.272 e. The third kappa shape index (κ3) is 8.48. The molecule has 3 amide bonds. The van der Waals surface area contributed by atoms with Crippen molar-refractivity contribution in [3.63, 3.8) is 0 Å². The largest absolute Gasteiger partial charge is 0.494 e. The highest BCUT2D eigenvalue weighted by atomic mass is 32.2. The fraction of sp³-hybridized carbons (Fsp3) is 0.0938. The summed E-state index contributed by atoms with van der Waals surface area (Å²) in [5.41, 5.74) is 0.00485. The zero-order chi connectivity index (χ0) is 31.6. The molecule has 7 nitrogen and oxygen atoms in total. The molecule has 44 heavy (non-hydrogen) atoms. The van der Waals surface area contributed by atoms with Crippen molar-refractivity contribution in [2.45, 2.75) is 11.8 Å². The van der Waals surface area contributed by atoms with E-state index in [2.05, 4.69) is 10.6 Å². The van der Waals surface area contributed by atoms with Gasteiger partial charge in [0.2, 0.25) is 5.91 Å². The number of amides is 3. The summed E-state index contributed by atoms with van der Waals surface area (Å²) in [5, 5.41) is 7.19. The molecule has 0 unspecified atom stereocenters. The number of carbonyl (C=O) groups is 3. The highest BCUT2D eigenvalue weighted by molar-refractivity contribution is 8.00. The normalized spacial score (nSPS) is 11.1. The summed E-state index contributed by atoms with van der Waals surface area (Å²) in [4.78, 5) is 39.0. The molecule has 0 saturated carbocycles. The summed E-state index contributed by atoms with van der Waals surface area (Å²) in [5.74, 6) is -8.52. The highest BCUT2D eigenvalue weighted by Crippen LogP contribution is 2.26. The SMILES string of the molecule is CCOc1ccc(/C=C(/NC(=O)c2ccccc2)C(=O)Nc2cccc(SCC(=O)Nc3c(F)c(F)cc(F)c3F)c2)cc1. The third-order valence-corrected chi connectivity index (χ3v) is 6.86. The predicted octanol–water partition coefficient (Wildman–Crippen LogP) is 6.78. The maximum atomic E-state index is 13.9. The Kier molecular flexibility index (Phi) is 10.8. The number of anilines is 2. The van der Waals surface area contributed by atoms with E-state index in [1.165, 1.54) is 12.1 Å². The van der Waals surface area contributed by atoms with E-state index in [-0.39, 0.29) is 17.5 Å². The molecule has 0 radical (unpaired) electrons. The van der Waals surface area contributed by atoms with Crippen LogP contribution in [-0.2, 0) is 9.59 Å². The Balaban J connectivity index is 1.47. The first kappa shape index (κ1) is 31.8. The van der Waals surface area contributed by atoms with Crippen molar-refractivity contribution < 1.29 is 36.7 Å². The predicted molar refractivity (Wildman–Crippen MR) is 160 cm³/mol. The summed E-state index contributed by atoms with van der Waals surface area (Å²) in [6.07, 6.45) is 1.50. The molecule has 0 heterocycles. The van der Waals surface area contributed by atoms with Crippen LogP contribution in [0.1, 0.15) is 22.8 Å². The Hall–Kier alpha value is -5.10. The van der Waals surface area contributed by atoms with E-state index in [9.17, 15) is 31.9 Å². The van der Waals surface area contributed by atoms with Gasteiger partial charge in [-0.15, -0.1) is 11.8 Å². The number of nitrogens with one attached hydrogen (secondary N) is 3. The van der Waals surface area contributed by atoms with Crippen LogP contribution < -0.4 is 20.7 Å². The van der Waals surface area contributed by atoms with Gasteiger partial charge >= 0.3 is 0 Å². The molecular formula is C32H25F4N3O4S. The van der Waals surface area contributed by atoms with Crippen molar-refractivity contribution in [3.05, 3.63) is 125 Å². The molecule has 0 saturated heterocycles. The minimum Gasteiger partial charge on any atom is -0.494 e. The zero-order valence-electron chi connectivity index (χ0n) is 23.1. The second kappa shape index (κ2) is 14.9. The van der Waals surface area contributed by atoms with Crippen molar-refractivity contribution in [1.29, 1.82) is 0 Å². The number of benzene rings is 4. The average Bonchev–Trinajstić information content (AvgIpc) is 3.02. The number of ether oxygens (including phenoxy) is 1. The van der Waals surface area contributed by atoms with Crippen LogP contribution in [0.25, 0.3) is 6.08 Å². The zero-order valence-corrected chi connectivity index (χ0v) is 23.9. The van der Waals surface area contributed by atoms with E-state index >= 15 is 0 Å². The van der Waals surface area contributed by atoms with E-state index in [0.29, 0.717) is 34.1 Å². The molecule has 0 spiro atoms. The molecule has 0 atom stereocenters. The Morgan fingerprint density at radius 1 is 0.818 bits per heavy atom. The summed E-state index contributed by atoms with van der Waals surface area (Å²) in [7, 11) is 0.